The van der Waals surface area contributed by atoms with E-state index in [9.17, 15) is 9.59 Å². The largest absolute Gasteiger partial charge is 0.430 e. The van der Waals surface area contributed by atoms with E-state index in [1.807, 2.05) is 36.4 Å². The molecule has 0 radical (unpaired) electrons. The maximum Gasteiger partial charge on any atom is 0.327 e. The van der Waals surface area contributed by atoms with Crippen LogP contribution in [-0.4, -0.2) is 18.3 Å². The smallest absolute Gasteiger partial charge is 0.327 e. The number of nitrogens with one attached hydrogen (secondary N) is 1. The first-order valence-corrected chi connectivity index (χ1v) is 7.30. The Morgan fingerprint density at radius 2 is 1.95 bits per heavy atom. The van der Waals surface area contributed by atoms with E-state index in [1.54, 1.807) is 6.92 Å². The van der Waals surface area contributed by atoms with Crippen molar-refractivity contribution in [1.29, 1.82) is 0 Å². The Labute approximate surface area is 127 Å². The minimum absolute atomic E-state index is 0.174. The summed E-state index contributed by atoms with van der Waals surface area (Å²) in [6, 6.07) is 12.0. The van der Waals surface area contributed by atoms with Crippen LogP contribution in [0.5, 0.6) is 0 Å². The van der Waals surface area contributed by atoms with Gasteiger partial charge in [-0.1, -0.05) is 30.3 Å². The van der Waals surface area contributed by atoms with Gasteiger partial charge in [-0.25, -0.2) is 0 Å². The van der Waals surface area contributed by atoms with Gasteiger partial charge in [0, 0.05) is 24.7 Å². The van der Waals surface area contributed by atoms with E-state index in [-0.39, 0.29) is 12.3 Å². The standard InChI is InChI=1S/C18H15NO3/c1-11-8-16(20)18(17(21)22-11)9-14-13-5-3-2-4-12(13)6-7-15(14)19-10-18/h2-8,19H,9-10H2,1H3/t18-/m1/s1. The molecule has 2 aromatic carbocycles. The highest BCUT2D eigenvalue weighted by Crippen LogP contribution is 2.40. The molecule has 2 aromatic rings. The molecule has 0 aromatic heterocycles. The van der Waals surface area contributed by atoms with Crippen molar-refractivity contribution in [2.75, 3.05) is 11.9 Å². The van der Waals surface area contributed by atoms with Gasteiger partial charge in [0.15, 0.2) is 11.2 Å². The highest BCUT2D eigenvalue weighted by Gasteiger charge is 2.51. The normalized spacial score (nSPS) is 23.8. The molecule has 2 aliphatic rings. The van der Waals surface area contributed by atoms with E-state index in [1.165, 1.54) is 6.08 Å². The second-order valence-corrected chi connectivity index (χ2v) is 5.93. The lowest BCUT2D eigenvalue weighted by Gasteiger charge is -2.37. The number of allylic oxidation sites excluding steroid dienone is 2. The lowest BCUT2D eigenvalue weighted by molar-refractivity contribution is -0.157. The van der Waals surface area contributed by atoms with Crippen LogP contribution >= 0.6 is 0 Å². The average molecular weight is 293 g/mol. The van der Waals surface area contributed by atoms with Crippen molar-refractivity contribution in [3.63, 3.8) is 0 Å². The predicted octanol–water partition coefficient (Wildman–Crippen LogP) is 2.82. The van der Waals surface area contributed by atoms with Crippen LogP contribution in [0.2, 0.25) is 0 Å². The Kier molecular flexibility index (Phi) is 2.64. The number of cyclic esters (lactones) is 1. The number of hydrogen-bond donors (Lipinski definition) is 1. The fraction of sp³-hybridized carbons (Fsp3) is 0.222. The molecule has 0 amide bonds. The van der Waals surface area contributed by atoms with Crippen molar-refractivity contribution in [2.24, 2.45) is 5.41 Å². The van der Waals surface area contributed by atoms with Crippen LogP contribution in [-0.2, 0) is 20.7 Å². The summed E-state index contributed by atoms with van der Waals surface area (Å²) >= 11 is 0. The summed E-state index contributed by atoms with van der Waals surface area (Å²) in [7, 11) is 0. The summed E-state index contributed by atoms with van der Waals surface area (Å²) in [5.41, 5.74) is 0.843. The maximum absolute atomic E-state index is 12.5. The number of ketones is 1. The molecular weight excluding hydrogens is 278 g/mol. The number of benzene rings is 2. The molecule has 4 heteroatoms. The third kappa shape index (κ3) is 1.70. The molecule has 110 valence electrons. The topological polar surface area (TPSA) is 55.4 Å². The Hall–Kier alpha value is -2.62. The highest BCUT2D eigenvalue weighted by molar-refractivity contribution is 6.13. The van der Waals surface area contributed by atoms with Gasteiger partial charge in [-0.2, -0.15) is 0 Å². The number of rotatable bonds is 0. The van der Waals surface area contributed by atoms with Crippen LogP contribution in [0.15, 0.2) is 48.2 Å². The molecule has 0 unspecified atom stereocenters. The van der Waals surface area contributed by atoms with E-state index in [0.29, 0.717) is 12.2 Å². The van der Waals surface area contributed by atoms with Gasteiger partial charge in [-0.15, -0.1) is 0 Å². The number of carbonyl (C=O) groups excluding carboxylic acids is 2. The fourth-order valence-electron chi connectivity index (χ4n) is 3.32. The average Bonchev–Trinajstić information content (AvgIpc) is 2.52. The van der Waals surface area contributed by atoms with E-state index < -0.39 is 11.4 Å². The summed E-state index contributed by atoms with van der Waals surface area (Å²) in [5.74, 6) is -0.264. The molecule has 0 saturated carbocycles. The van der Waals surface area contributed by atoms with Crippen molar-refractivity contribution in [1.82, 2.24) is 0 Å². The van der Waals surface area contributed by atoms with Crippen LogP contribution in [0.3, 0.4) is 0 Å². The van der Waals surface area contributed by atoms with Crippen LogP contribution < -0.4 is 5.32 Å². The first-order valence-electron chi connectivity index (χ1n) is 7.30. The molecule has 0 bridgehead atoms. The van der Waals surface area contributed by atoms with Crippen molar-refractivity contribution >= 4 is 28.2 Å². The molecule has 1 spiro atoms. The predicted molar refractivity (Wildman–Crippen MR) is 83.4 cm³/mol. The molecule has 4 nitrogen and oxygen atoms in total. The third-order valence-corrected chi connectivity index (χ3v) is 4.55. The van der Waals surface area contributed by atoms with Crippen LogP contribution in [0.25, 0.3) is 10.8 Å². The van der Waals surface area contributed by atoms with Crippen molar-refractivity contribution in [2.45, 2.75) is 13.3 Å². The van der Waals surface area contributed by atoms with Gasteiger partial charge in [-0.05, 0) is 29.3 Å². The van der Waals surface area contributed by atoms with Gasteiger partial charge >= 0.3 is 5.97 Å². The molecule has 2 aliphatic heterocycles. The van der Waals surface area contributed by atoms with Gasteiger partial charge in [0.25, 0.3) is 0 Å². The Morgan fingerprint density at radius 1 is 1.14 bits per heavy atom. The maximum atomic E-state index is 12.5. The SMILES string of the molecule is CC1=CC(=O)[C@@]2(CNc3ccc4ccccc4c3C2)C(=O)O1. The second kappa shape index (κ2) is 4.44. The zero-order valence-corrected chi connectivity index (χ0v) is 12.2. The monoisotopic (exact) mass is 293 g/mol. The summed E-state index contributed by atoms with van der Waals surface area (Å²) in [5, 5.41) is 5.41. The van der Waals surface area contributed by atoms with Crippen molar-refractivity contribution in [3.8, 4) is 0 Å². The van der Waals surface area contributed by atoms with E-state index in [0.717, 1.165) is 22.0 Å². The minimum Gasteiger partial charge on any atom is -0.430 e. The summed E-state index contributed by atoms with van der Waals surface area (Å²) in [6.45, 7) is 1.90. The van der Waals surface area contributed by atoms with E-state index in [2.05, 4.69) is 5.32 Å². The molecule has 2 heterocycles. The van der Waals surface area contributed by atoms with Gasteiger partial charge in [-0.3, -0.25) is 9.59 Å². The zero-order valence-electron chi connectivity index (χ0n) is 12.2. The molecule has 0 saturated heterocycles. The molecule has 4 rings (SSSR count). The number of anilines is 1. The quantitative estimate of drug-likeness (QED) is 0.599. The van der Waals surface area contributed by atoms with Crippen LogP contribution in [0.1, 0.15) is 12.5 Å². The van der Waals surface area contributed by atoms with Crippen molar-refractivity contribution in [3.05, 3.63) is 53.8 Å². The summed E-state index contributed by atoms with van der Waals surface area (Å²) < 4.78 is 5.24. The first kappa shape index (κ1) is 13.1. The number of hydrogen-bond acceptors (Lipinski definition) is 4. The number of esters is 1. The van der Waals surface area contributed by atoms with Gasteiger partial charge in [0.2, 0.25) is 0 Å². The highest BCUT2D eigenvalue weighted by atomic mass is 16.5. The molecular formula is C18H15NO3. The Bertz CT molecular complexity index is 853. The van der Waals surface area contributed by atoms with Crippen molar-refractivity contribution < 1.29 is 14.3 Å². The van der Waals surface area contributed by atoms with Crippen LogP contribution in [0.4, 0.5) is 5.69 Å². The van der Waals surface area contributed by atoms with E-state index in [4.69, 9.17) is 4.74 Å². The first-order chi connectivity index (χ1) is 10.6. The number of carbonyl (C=O) groups is 2. The summed E-state index contributed by atoms with van der Waals surface area (Å²) in [4.78, 5) is 24.9. The molecule has 22 heavy (non-hydrogen) atoms. The molecule has 0 fully saturated rings. The third-order valence-electron chi connectivity index (χ3n) is 4.55. The Balaban J connectivity index is 1.89. The molecule has 0 aliphatic carbocycles. The van der Waals surface area contributed by atoms with Gasteiger partial charge in [0.05, 0.1) is 0 Å². The second-order valence-electron chi connectivity index (χ2n) is 5.93. The number of fused-ring (bicyclic) bond motifs is 3. The number of ether oxygens (including phenoxy) is 1. The van der Waals surface area contributed by atoms with Crippen LogP contribution in [0, 0.1) is 5.41 Å². The molecule has 1 atom stereocenters. The van der Waals surface area contributed by atoms with Gasteiger partial charge in [0.1, 0.15) is 5.76 Å². The lowest BCUT2D eigenvalue weighted by Crippen LogP contribution is -2.51. The van der Waals surface area contributed by atoms with Gasteiger partial charge < -0.3 is 10.1 Å². The lowest BCUT2D eigenvalue weighted by atomic mass is 9.73. The molecule has 1 N–H and O–H groups in total. The minimum atomic E-state index is -1.14. The summed E-state index contributed by atoms with van der Waals surface area (Å²) in [6.07, 6.45) is 1.80. The zero-order chi connectivity index (χ0) is 15.3. The Morgan fingerprint density at radius 3 is 2.77 bits per heavy atom. The van der Waals surface area contributed by atoms with E-state index >= 15 is 0 Å². The fourth-order valence-corrected chi connectivity index (χ4v) is 3.32.